The Morgan fingerprint density at radius 2 is 2.23 bits per heavy atom. The molecule has 0 saturated carbocycles. The van der Waals surface area contributed by atoms with Gasteiger partial charge in [0.05, 0.1) is 12.8 Å². The molecule has 116 valence electrons. The predicted molar refractivity (Wildman–Crippen MR) is 86.6 cm³/mol. The minimum atomic E-state index is -0.654. The zero-order valence-electron chi connectivity index (χ0n) is 12.5. The summed E-state index contributed by atoms with van der Waals surface area (Å²) in [5.41, 5.74) is 0.247. The average molecular weight is 320 g/mol. The topological polar surface area (TPSA) is 51.5 Å². The zero-order valence-corrected chi connectivity index (χ0v) is 13.3. The van der Waals surface area contributed by atoms with Crippen LogP contribution in [0, 0.1) is 0 Å². The molecule has 1 amide bonds. The third-order valence-corrected chi connectivity index (χ3v) is 3.66. The van der Waals surface area contributed by atoms with Crippen LogP contribution < -0.4 is 5.32 Å². The zero-order chi connectivity index (χ0) is 16.0. The summed E-state index contributed by atoms with van der Waals surface area (Å²) in [4.78, 5) is 11.9. The first-order chi connectivity index (χ1) is 10.5. The average Bonchev–Trinajstić information content (AvgIpc) is 3.04. The number of halogens is 1. The maximum atomic E-state index is 11.9. The van der Waals surface area contributed by atoms with Crippen molar-refractivity contribution in [3.63, 3.8) is 0 Å². The van der Waals surface area contributed by atoms with Crippen LogP contribution in [0.15, 0.2) is 53.2 Å². The van der Waals surface area contributed by atoms with E-state index in [0.717, 1.165) is 5.56 Å². The summed E-state index contributed by atoms with van der Waals surface area (Å²) in [7, 11) is 1.60. The van der Waals surface area contributed by atoms with Crippen LogP contribution in [0.25, 0.3) is 6.08 Å². The van der Waals surface area contributed by atoms with E-state index in [4.69, 9.17) is 20.8 Å². The third-order valence-electron chi connectivity index (χ3n) is 3.43. The summed E-state index contributed by atoms with van der Waals surface area (Å²) >= 11 is 6.01. The highest BCUT2D eigenvalue weighted by Gasteiger charge is 2.26. The predicted octanol–water partition coefficient (Wildman–Crippen LogP) is 3.62. The van der Waals surface area contributed by atoms with Gasteiger partial charge in [0, 0.05) is 18.2 Å². The van der Waals surface area contributed by atoms with Gasteiger partial charge >= 0.3 is 0 Å². The first-order valence-corrected chi connectivity index (χ1v) is 7.22. The summed E-state index contributed by atoms with van der Waals surface area (Å²) in [5.74, 6) is 0.404. The maximum Gasteiger partial charge on any atom is 0.244 e. The van der Waals surface area contributed by atoms with E-state index in [9.17, 15) is 4.79 Å². The summed E-state index contributed by atoms with van der Waals surface area (Å²) < 4.78 is 10.7. The van der Waals surface area contributed by atoms with Gasteiger partial charge in [-0.1, -0.05) is 23.7 Å². The van der Waals surface area contributed by atoms with Gasteiger partial charge in [0.15, 0.2) is 0 Å². The van der Waals surface area contributed by atoms with E-state index in [0.29, 0.717) is 17.3 Å². The Hall–Kier alpha value is -2.04. The smallest absolute Gasteiger partial charge is 0.244 e. The molecule has 0 saturated heterocycles. The number of rotatable bonds is 6. The second-order valence-corrected chi connectivity index (χ2v) is 5.45. The van der Waals surface area contributed by atoms with Crippen LogP contribution in [0.4, 0.5) is 0 Å². The van der Waals surface area contributed by atoms with Gasteiger partial charge in [-0.05, 0) is 42.8 Å². The normalized spacial score (nSPS) is 14.0. The Bertz CT molecular complexity index is 652. The molecule has 1 atom stereocenters. The Morgan fingerprint density at radius 1 is 1.41 bits per heavy atom. The summed E-state index contributed by atoms with van der Waals surface area (Å²) in [5, 5.41) is 3.45. The molecule has 1 aromatic heterocycles. The van der Waals surface area contributed by atoms with Crippen molar-refractivity contribution in [1.82, 2.24) is 5.32 Å². The van der Waals surface area contributed by atoms with E-state index in [1.807, 2.05) is 25.1 Å². The van der Waals surface area contributed by atoms with Crippen molar-refractivity contribution in [3.05, 3.63) is 65.1 Å². The lowest BCUT2D eigenvalue weighted by Gasteiger charge is -2.29. The molecule has 0 bridgehead atoms. The van der Waals surface area contributed by atoms with Crippen LogP contribution in [0.5, 0.6) is 0 Å². The minimum absolute atomic E-state index is 0.221. The van der Waals surface area contributed by atoms with Crippen molar-refractivity contribution in [2.24, 2.45) is 0 Å². The number of carbonyl (C=O) groups excluding carboxylic acids is 1. The van der Waals surface area contributed by atoms with Crippen molar-refractivity contribution < 1.29 is 13.9 Å². The highest BCUT2D eigenvalue weighted by Crippen LogP contribution is 2.26. The Balaban J connectivity index is 1.99. The lowest BCUT2D eigenvalue weighted by molar-refractivity contribution is -0.118. The standard InChI is InChI=1S/C17H18ClNO3/c1-17(21-2,13-5-3-6-14(18)11-13)12-19-16(20)9-8-15-7-4-10-22-15/h3-11H,12H2,1-2H3,(H,19,20)/b9-8+. The Labute approximate surface area is 134 Å². The molecule has 0 aliphatic rings. The van der Waals surface area contributed by atoms with Crippen molar-refractivity contribution in [2.75, 3.05) is 13.7 Å². The van der Waals surface area contributed by atoms with Crippen molar-refractivity contribution in [2.45, 2.75) is 12.5 Å². The van der Waals surface area contributed by atoms with Gasteiger partial charge in [-0.15, -0.1) is 0 Å². The monoisotopic (exact) mass is 319 g/mol. The van der Waals surface area contributed by atoms with Gasteiger partial charge in [-0.25, -0.2) is 0 Å². The van der Waals surface area contributed by atoms with Gasteiger partial charge in [0.2, 0.25) is 5.91 Å². The summed E-state index contributed by atoms with van der Waals surface area (Å²) in [6.07, 6.45) is 4.59. The van der Waals surface area contributed by atoms with Gasteiger partial charge in [0.25, 0.3) is 0 Å². The highest BCUT2D eigenvalue weighted by molar-refractivity contribution is 6.30. The molecule has 1 heterocycles. The Kier molecular flexibility index (Phi) is 5.41. The maximum absolute atomic E-state index is 11.9. The van der Waals surface area contributed by atoms with Crippen LogP contribution in [0.2, 0.25) is 5.02 Å². The number of benzene rings is 1. The molecule has 1 N–H and O–H groups in total. The molecule has 0 fully saturated rings. The molecule has 4 nitrogen and oxygen atoms in total. The SMILES string of the molecule is COC(C)(CNC(=O)/C=C/c1ccco1)c1cccc(Cl)c1. The highest BCUT2D eigenvalue weighted by atomic mass is 35.5. The number of hydrogen-bond donors (Lipinski definition) is 1. The molecule has 2 rings (SSSR count). The summed E-state index contributed by atoms with van der Waals surface area (Å²) in [6, 6.07) is 10.9. The molecule has 0 spiro atoms. The number of hydrogen-bond acceptors (Lipinski definition) is 3. The first kappa shape index (κ1) is 16.3. The number of ether oxygens (including phenoxy) is 1. The molecular weight excluding hydrogens is 302 g/mol. The lowest BCUT2D eigenvalue weighted by Crippen LogP contribution is -2.39. The van der Waals surface area contributed by atoms with Crippen LogP contribution >= 0.6 is 11.6 Å². The third kappa shape index (κ3) is 4.23. The van der Waals surface area contributed by atoms with E-state index in [1.165, 1.54) is 6.08 Å². The van der Waals surface area contributed by atoms with Crippen LogP contribution in [-0.2, 0) is 15.1 Å². The van der Waals surface area contributed by atoms with Crippen molar-refractivity contribution in [1.29, 1.82) is 0 Å². The first-order valence-electron chi connectivity index (χ1n) is 6.84. The molecule has 1 aromatic carbocycles. The Morgan fingerprint density at radius 3 is 2.86 bits per heavy atom. The number of methoxy groups -OCH3 is 1. The van der Waals surface area contributed by atoms with E-state index in [1.54, 1.807) is 37.6 Å². The van der Waals surface area contributed by atoms with E-state index < -0.39 is 5.60 Å². The summed E-state index contributed by atoms with van der Waals surface area (Å²) in [6.45, 7) is 2.22. The van der Waals surface area contributed by atoms with Crippen molar-refractivity contribution in [3.8, 4) is 0 Å². The molecule has 22 heavy (non-hydrogen) atoms. The number of nitrogens with one attached hydrogen (secondary N) is 1. The van der Waals surface area contributed by atoms with Gasteiger partial charge in [-0.3, -0.25) is 4.79 Å². The number of amides is 1. The van der Waals surface area contributed by atoms with Gasteiger partial charge in [0.1, 0.15) is 11.4 Å². The van der Waals surface area contributed by atoms with E-state index in [-0.39, 0.29) is 5.91 Å². The van der Waals surface area contributed by atoms with Crippen LogP contribution in [-0.4, -0.2) is 19.6 Å². The molecule has 0 aliphatic heterocycles. The van der Waals surface area contributed by atoms with Gasteiger partial charge in [-0.2, -0.15) is 0 Å². The second-order valence-electron chi connectivity index (χ2n) is 5.01. The van der Waals surface area contributed by atoms with E-state index in [2.05, 4.69) is 5.32 Å². The fourth-order valence-electron chi connectivity index (χ4n) is 1.97. The molecule has 5 heteroatoms. The number of carbonyl (C=O) groups is 1. The fraction of sp³-hybridized carbons (Fsp3) is 0.235. The van der Waals surface area contributed by atoms with Crippen molar-refractivity contribution >= 4 is 23.6 Å². The van der Waals surface area contributed by atoms with E-state index >= 15 is 0 Å². The second kappa shape index (κ2) is 7.29. The fourth-order valence-corrected chi connectivity index (χ4v) is 2.16. The lowest BCUT2D eigenvalue weighted by atomic mass is 9.95. The molecular formula is C17H18ClNO3. The molecule has 2 aromatic rings. The molecule has 1 unspecified atom stereocenters. The number of furan rings is 1. The largest absolute Gasteiger partial charge is 0.465 e. The van der Waals surface area contributed by atoms with Gasteiger partial charge < -0.3 is 14.5 Å². The quantitative estimate of drug-likeness (QED) is 0.827. The molecule has 0 aliphatic carbocycles. The minimum Gasteiger partial charge on any atom is -0.465 e. The van der Waals surface area contributed by atoms with Crippen LogP contribution in [0.1, 0.15) is 18.2 Å². The molecule has 0 radical (unpaired) electrons. The van der Waals surface area contributed by atoms with Crippen LogP contribution in [0.3, 0.4) is 0 Å².